The standard InChI is InChI=1S/C17H20N6OS/c1-11-20-15(21-23(11)3)12-6-5-7-13(8-12)16(24)18-9-14-10-19-17(25-4)22(14)2/h5-8,10H,9H2,1-4H3,(H,18,24). The lowest BCUT2D eigenvalue weighted by molar-refractivity contribution is 0.0950. The number of aromatic nitrogens is 5. The number of carbonyl (C=O) groups excluding carboxylic acids is 1. The largest absolute Gasteiger partial charge is 0.346 e. The zero-order valence-electron chi connectivity index (χ0n) is 14.6. The maximum absolute atomic E-state index is 12.5. The fraction of sp³-hybridized carbons (Fsp3) is 0.294. The predicted octanol–water partition coefficient (Wildman–Crippen LogP) is 2.18. The van der Waals surface area contributed by atoms with Gasteiger partial charge in [-0.05, 0) is 25.3 Å². The summed E-state index contributed by atoms with van der Waals surface area (Å²) in [5.74, 6) is 1.30. The highest BCUT2D eigenvalue weighted by molar-refractivity contribution is 7.98. The molecule has 0 bridgehead atoms. The highest BCUT2D eigenvalue weighted by Gasteiger charge is 2.12. The lowest BCUT2D eigenvalue weighted by Crippen LogP contribution is -2.24. The van der Waals surface area contributed by atoms with Crippen LogP contribution >= 0.6 is 11.8 Å². The molecule has 0 aliphatic carbocycles. The Kier molecular flexibility index (Phi) is 4.89. The Morgan fingerprint density at radius 2 is 2.12 bits per heavy atom. The highest BCUT2D eigenvalue weighted by Crippen LogP contribution is 2.17. The van der Waals surface area contributed by atoms with Crippen molar-refractivity contribution in [2.75, 3.05) is 6.26 Å². The topological polar surface area (TPSA) is 77.6 Å². The average molecular weight is 356 g/mol. The minimum Gasteiger partial charge on any atom is -0.346 e. The number of nitrogens with zero attached hydrogens (tertiary/aromatic N) is 5. The molecule has 1 aromatic carbocycles. The molecule has 130 valence electrons. The van der Waals surface area contributed by atoms with Crippen molar-refractivity contribution < 1.29 is 4.79 Å². The van der Waals surface area contributed by atoms with E-state index in [1.165, 1.54) is 0 Å². The lowest BCUT2D eigenvalue weighted by atomic mass is 10.1. The number of imidazole rings is 1. The van der Waals surface area contributed by atoms with E-state index in [2.05, 4.69) is 20.4 Å². The summed E-state index contributed by atoms with van der Waals surface area (Å²) in [6.45, 7) is 2.32. The van der Waals surface area contributed by atoms with E-state index in [1.807, 2.05) is 44.0 Å². The molecule has 0 saturated heterocycles. The minimum absolute atomic E-state index is 0.138. The molecule has 0 aliphatic rings. The molecule has 1 N–H and O–H groups in total. The summed E-state index contributed by atoms with van der Waals surface area (Å²) in [5, 5.41) is 8.21. The molecule has 8 heteroatoms. The van der Waals surface area contributed by atoms with E-state index in [1.54, 1.807) is 34.8 Å². The molecule has 0 spiro atoms. The van der Waals surface area contributed by atoms with Gasteiger partial charge in [-0.3, -0.25) is 9.48 Å². The average Bonchev–Trinajstić information content (AvgIpc) is 3.15. The fourth-order valence-electron chi connectivity index (χ4n) is 2.44. The molecule has 1 amide bonds. The van der Waals surface area contributed by atoms with Gasteiger partial charge in [0.2, 0.25) is 0 Å². The van der Waals surface area contributed by atoms with Gasteiger partial charge in [0, 0.05) is 25.2 Å². The number of thioether (sulfide) groups is 1. The zero-order chi connectivity index (χ0) is 18.0. The Morgan fingerprint density at radius 3 is 2.76 bits per heavy atom. The van der Waals surface area contributed by atoms with Crippen LogP contribution in [0.15, 0.2) is 35.6 Å². The van der Waals surface area contributed by atoms with Crippen LogP contribution in [0.4, 0.5) is 0 Å². The van der Waals surface area contributed by atoms with Gasteiger partial charge in [0.05, 0.1) is 18.4 Å². The van der Waals surface area contributed by atoms with Crippen LogP contribution in [0.5, 0.6) is 0 Å². The number of rotatable bonds is 5. The van der Waals surface area contributed by atoms with Crippen LogP contribution in [0.2, 0.25) is 0 Å². The second-order valence-electron chi connectivity index (χ2n) is 5.66. The van der Waals surface area contributed by atoms with E-state index in [0.29, 0.717) is 17.9 Å². The summed E-state index contributed by atoms with van der Waals surface area (Å²) in [7, 11) is 3.79. The van der Waals surface area contributed by atoms with Crippen molar-refractivity contribution in [3.05, 3.63) is 47.5 Å². The number of benzene rings is 1. The van der Waals surface area contributed by atoms with Crippen molar-refractivity contribution in [3.8, 4) is 11.4 Å². The quantitative estimate of drug-likeness (QED) is 0.709. The predicted molar refractivity (Wildman–Crippen MR) is 97.3 cm³/mol. The van der Waals surface area contributed by atoms with Gasteiger partial charge < -0.3 is 9.88 Å². The van der Waals surface area contributed by atoms with Crippen LogP contribution in [-0.2, 0) is 20.6 Å². The number of nitrogens with one attached hydrogen (secondary N) is 1. The summed E-state index contributed by atoms with van der Waals surface area (Å²) in [5.41, 5.74) is 2.35. The summed E-state index contributed by atoms with van der Waals surface area (Å²) in [4.78, 5) is 21.2. The van der Waals surface area contributed by atoms with E-state index in [-0.39, 0.29) is 5.91 Å². The van der Waals surface area contributed by atoms with E-state index in [9.17, 15) is 4.79 Å². The molecule has 0 radical (unpaired) electrons. The lowest BCUT2D eigenvalue weighted by Gasteiger charge is -2.07. The number of aryl methyl sites for hydroxylation is 2. The molecule has 7 nitrogen and oxygen atoms in total. The molecule has 2 aromatic heterocycles. The first-order valence-corrected chi connectivity index (χ1v) is 9.03. The van der Waals surface area contributed by atoms with Crippen LogP contribution in [0.1, 0.15) is 21.9 Å². The van der Waals surface area contributed by atoms with Crippen molar-refractivity contribution in [1.29, 1.82) is 0 Å². The second-order valence-corrected chi connectivity index (χ2v) is 6.44. The molecule has 0 fully saturated rings. The SMILES string of the molecule is CSc1ncc(CNC(=O)c2cccc(-c3nc(C)n(C)n3)c2)n1C. The highest BCUT2D eigenvalue weighted by atomic mass is 32.2. The second kappa shape index (κ2) is 7.10. The van der Waals surface area contributed by atoms with Crippen LogP contribution in [0, 0.1) is 6.92 Å². The third-order valence-corrected chi connectivity index (χ3v) is 4.76. The van der Waals surface area contributed by atoms with Gasteiger partial charge in [-0.1, -0.05) is 23.9 Å². The number of amides is 1. The van der Waals surface area contributed by atoms with Crippen LogP contribution in [0.25, 0.3) is 11.4 Å². The van der Waals surface area contributed by atoms with Gasteiger partial charge in [0.1, 0.15) is 5.82 Å². The molecular weight excluding hydrogens is 336 g/mol. The smallest absolute Gasteiger partial charge is 0.251 e. The van der Waals surface area contributed by atoms with Crippen molar-refractivity contribution in [1.82, 2.24) is 29.6 Å². The molecule has 3 aromatic rings. The summed E-state index contributed by atoms with van der Waals surface area (Å²) in [6, 6.07) is 7.33. The Labute approximate surface area is 150 Å². The molecule has 25 heavy (non-hydrogen) atoms. The molecule has 3 rings (SSSR count). The van der Waals surface area contributed by atoms with Crippen molar-refractivity contribution in [3.63, 3.8) is 0 Å². The fourth-order valence-corrected chi connectivity index (χ4v) is 2.99. The summed E-state index contributed by atoms with van der Waals surface area (Å²) < 4.78 is 3.69. The van der Waals surface area contributed by atoms with Crippen LogP contribution in [0.3, 0.4) is 0 Å². The van der Waals surface area contributed by atoms with Gasteiger partial charge in [-0.25, -0.2) is 9.97 Å². The van der Waals surface area contributed by atoms with Crippen LogP contribution < -0.4 is 5.32 Å². The van der Waals surface area contributed by atoms with Gasteiger partial charge in [-0.2, -0.15) is 5.10 Å². The van der Waals surface area contributed by atoms with E-state index < -0.39 is 0 Å². The van der Waals surface area contributed by atoms with Crippen molar-refractivity contribution in [2.24, 2.45) is 14.1 Å². The Bertz CT molecular complexity index is 894. The van der Waals surface area contributed by atoms with E-state index >= 15 is 0 Å². The maximum atomic E-state index is 12.5. The number of hydrogen-bond acceptors (Lipinski definition) is 5. The molecule has 2 heterocycles. The zero-order valence-corrected chi connectivity index (χ0v) is 15.5. The minimum atomic E-state index is -0.138. The number of hydrogen-bond donors (Lipinski definition) is 1. The molecule has 0 atom stereocenters. The van der Waals surface area contributed by atoms with Crippen molar-refractivity contribution in [2.45, 2.75) is 18.6 Å². The third-order valence-electron chi connectivity index (χ3n) is 4.02. The molecule has 0 aliphatic heterocycles. The summed E-state index contributed by atoms with van der Waals surface area (Å²) in [6.07, 6.45) is 3.76. The third kappa shape index (κ3) is 3.58. The summed E-state index contributed by atoms with van der Waals surface area (Å²) >= 11 is 1.57. The van der Waals surface area contributed by atoms with Gasteiger partial charge in [0.15, 0.2) is 11.0 Å². The normalized spacial score (nSPS) is 10.9. The number of carbonyl (C=O) groups is 1. The first-order valence-electron chi connectivity index (χ1n) is 7.80. The first kappa shape index (κ1) is 17.2. The molecule has 0 unspecified atom stereocenters. The van der Waals surface area contributed by atoms with Crippen molar-refractivity contribution >= 4 is 17.7 Å². The van der Waals surface area contributed by atoms with E-state index in [4.69, 9.17) is 0 Å². The van der Waals surface area contributed by atoms with Gasteiger partial charge in [0.25, 0.3) is 5.91 Å². The van der Waals surface area contributed by atoms with Gasteiger partial charge in [-0.15, -0.1) is 0 Å². The monoisotopic (exact) mass is 356 g/mol. The Morgan fingerprint density at radius 1 is 1.32 bits per heavy atom. The van der Waals surface area contributed by atoms with Crippen LogP contribution in [-0.4, -0.2) is 36.5 Å². The molecular formula is C17H20N6OS. The Hall–Kier alpha value is -2.61. The van der Waals surface area contributed by atoms with E-state index in [0.717, 1.165) is 22.2 Å². The molecule has 0 saturated carbocycles. The first-order chi connectivity index (χ1) is 12.0. The maximum Gasteiger partial charge on any atom is 0.251 e. The Balaban J connectivity index is 1.74. The van der Waals surface area contributed by atoms with Gasteiger partial charge >= 0.3 is 0 Å².